The Labute approximate surface area is 109 Å². The number of rotatable bonds is 0. The van der Waals surface area contributed by atoms with E-state index in [1.165, 1.54) is 0 Å². The van der Waals surface area contributed by atoms with E-state index in [1.807, 2.05) is 36.4 Å². The molecule has 0 bridgehead atoms. The Hall–Kier alpha value is -3.11. The number of nitrogens with zero attached hydrogens (tertiary/aromatic N) is 3. The molecule has 1 heterocycles. The van der Waals surface area contributed by atoms with E-state index >= 15 is 0 Å². The summed E-state index contributed by atoms with van der Waals surface area (Å²) in [6.45, 7) is 0. The molecule has 0 aliphatic carbocycles. The minimum Gasteiger partial charge on any atom is -0.453 e. The van der Waals surface area contributed by atoms with Crippen LogP contribution in [0.2, 0.25) is 0 Å². The lowest BCUT2D eigenvalue weighted by molar-refractivity contribution is 0.469. The van der Waals surface area contributed by atoms with Crippen LogP contribution in [0.25, 0.3) is 5.57 Å². The van der Waals surface area contributed by atoms with Crippen LogP contribution < -0.4 is 15.3 Å². The monoisotopic (exact) mass is 245 g/mol. The van der Waals surface area contributed by atoms with Crippen LogP contribution in [0.5, 0.6) is 11.5 Å². The molecule has 4 heteroatoms. The van der Waals surface area contributed by atoms with Gasteiger partial charge in [-0.25, -0.2) is 4.99 Å². The van der Waals surface area contributed by atoms with Gasteiger partial charge in [0.25, 0.3) is 0 Å². The van der Waals surface area contributed by atoms with Crippen LogP contribution in [0.1, 0.15) is 0 Å². The van der Waals surface area contributed by atoms with Gasteiger partial charge in [0.15, 0.2) is 11.5 Å². The van der Waals surface area contributed by atoms with E-state index in [9.17, 15) is 0 Å². The fourth-order valence-corrected chi connectivity index (χ4v) is 1.88. The summed E-state index contributed by atoms with van der Waals surface area (Å²) in [4.78, 5) is 4.46. The predicted octanol–water partition coefficient (Wildman–Crippen LogP) is 1.94. The van der Waals surface area contributed by atoms with Crippen LogP contribution in [-0.2, 0) is 0 Å². The summed E-state index contributed by atoms with van der Waals surface area (Å²) in [6, 6.07) is 16.3. The Bertz CT molecular complexity index is 853. The maximum atomic E-state index is 8.87. The average molecular weight is 245 g/mol. The molecule has 0 aromatic heterocycles. The van der Waals surface area contributed by atoms with Crippen molar-refractivity contribution in [1.29, 1.82) is 10.5 Å². The van der Waals surface area contributed by atoms with Crippen molar-refractivity contribution in [2.75, 3.05) is 0 Å². The zero-order chi connectivity index (χ0) is 13.2. The summed E-state index contributed by atoms with van der Waals surface area (Å²) in [5.41, 5.74) is 0.831. The largest absolute Gasteiger partial charge is 0.453 e. The van der Waals surface area contributed by atoms with E-state index in [0.717, 1.165) is 5.69 Å². The van der Waals surface area contributed by atoms with Crippen molar-refractivity contribution in [3.8, 4) is 23.6 Å². The van der Waals surface area contributed by atoms with Gasteiger partial charge in [0.1, 0.15) is 28.8 Å². The first kappa shape index (κ1) is 11.0. The summed E-state index contributed by atoms with van der Waals surface area (Å²) in [6.07, 6.45) is 0. The van der Waals surface area contributed by atoms with Crippen molar-refractivity contribution in [3.63, 3.8) is 0 Å². The van der Waals surface area contributed by atoms with Crippen molar-refractivity contribution < 1.29 is 4.74 Å². The summed E-state index contributed by atoms with van der Waals surface area (Å²) in [5.74, 6) is 1.22. The first-order valence-corrected chi connectivity index (χ1v) is 5.62. The van der Waals surface area contributed by atoms with Crippen molar-refractivity contribution in [2.45, 2.75) is 0 Å². The second-order valence-corrected chi connectivity index (χ2v) is 3.96. The normalized spacial score (nSPS) is 10.8. The molecule has 3 rings (SSSR count). The Morgan fingerprint density at radius 3 is 2.58 bits per heavy atom. The van der Waals surface area contributed by atoms with E-state index in [-0.39, 0.29) is 5.57 Å². The Balaban J connectivity index is 2.27. The molecule has 0 amide bonds. The Morgan fingerprint density at radius 2 is 1.79 bits per heavy atom. The third-order valence-electron chi connectivity index (χ3n) is 2.80. The van der Waals surface area contributed by atoms with Gasteiger partial charge in [-0.15, -0.1) is 0 Å². The Kier molecular flexibility index (Phi) is 2.48. The highest BCUT2D eigenvalue weighted by atomic mass is 16.5. The van der Waals surface area contributed by atoms with Crippen LogP contribution in [0.4, 0.5) is 5.69 Å². The molecule has 0 saturated carbocycles. The molecule has 0 atom stereocenters. The number of hydrogen-bond donors (Lipinski definition) is 0. The highest BCUT2D eigenvalue weighted by Crippen LogP contribution is 2.32. The maximum Gasteiger partial charge on any atom is 0.153 e. The number of hydrogen-bond acceptors (Lipinski definition) is 4. The lowest BCUT2D eigenvalue weighted by Gasteiger charge is -2.13. The van der Waals surface area contributed by atoms with Crippen molar-refractivity contribution in [2.24, 2.45) is 4.99 Å². The first-order chi connectivity index (χ1) is 9.31. The first-order valence-electron chi connectivity index (χ1n) is 5.62. The standard InChI is InChI=1S/C15H7N3O/c16-8-11(9-17)10-5-6-13-15(7-10)19-14-4-2-1-3-12(14)18-13/h1-7H. The highest BCUT2D eigenvalue weighted by molar-refractivity contribution is 5.72. The molecule has 0 saturated heterocycles. The molecule has 0 unspecified atom stereocenters. The third-order valence-corrected chi connectivity index (χ3v) is 2.80. The lowest BCUT2D eigenvalue weighted by Crippen LogP contribution is -2.15. The molecule has 1 aliphatic heterocycles. The van der Waals surface area contributed by atoms with Crippen LogP contribution in [0, 0.1) is 22.7 Å². The van der Waals surface area contributed by atoms with Gasteiger partial charge in [-0.1, -0.05) is 18.2 Å². The van der Waals surface area contributed by atoms with Gasteiger partial charge in [0, 0.05) is 5.22 Å². The Morgan fingerprint density at radius 1 is 1.00 bits per heavy atom. The zero-order valence-corrected chi connectivity index (χ0v) is 9.79. The smallest absolute Gasteiger partial charge is 0.153 e. The van der Waals surface area contributed by atoms with Gasteiger partial charge in [0.2, 0.25) is 0 Å². The molecule has 0 radical (unpaired) electrons. The molecule has 19 heavy (non-hydrogen) atoms. The summed E-state index contributed by atoms with van der Waals surface area (Å²) >= 11 is 0. The van der Waals surface area contributed by atoms with Gasteiger partial charge in [-0.05, 0) is 24.3 Å². The second kappa shape index (κ2) is 4.29. The van der Waals surface area contributed by atoms with Gasteiger partial charge >= 0.3 is 0 Å². The molecular formula is C15H7N3O. The van der Waals surface area contributed by atoms with Gasteiger partial charge < -0.3 is 4.74 Å². The van der Waals surface area contributed by atoms with Crippen LogP contribution in [-0.4, -0.2) is 0 Å². The maximum absolute atomic E-state index is 8.87. The minimum atomic E-state index is 0.0604. The number of nitriles is 2. The minimum absolute atomic E-state index is 0.0604. The fraction of sp³-hybridized carbons (Fsp3) is 0. The summed E-state index contributed by atoms with van der Waals surface area (Å²) < 4.78 is 5.73. The molecule has 0 spiro atoms. The molecular weight excluding hydrogens is 238 g/mol. The second-order valence-electron chi connectivity index (χ2n) is 3.96. The van der Waals surface area contributed by atoms with Crippen LogP contribution >= 0.6 is 0 Å². The molecule has 2 aromatic carbocycles. The van der Waals surface area contributed by atoms with Crippen LogP contribution in [0.3, 0.4) is 0 Å². The topological polar surface area (TPSA) is 69.2 Å². The number of benzene rings is 2. The van der Waals surface area contributed by atoms with Crippen LogP contribution in [0.15, 0.2) is 47.5 Å². The van der Waals surface area contributed by atoms with E-state index in [0.29, 0.717) is 22.1 Å². The van der Waals surface area contributed by atoms with E-state index in [1.54, 1.807) is 18.2 Å². The molecule has 4 nitrogen and oxygen atoms in total. The third kappa shape index (κ3) is 1.82. The molecule has 2 aromatic rings. The molecule has 1 aliphatic rings. The molecule has 88 valence electrons. The quantitative estimate of drug-likeness (QED) is 0.607. The van der Waals surface area contributed by atoms with Gasteiger partial charge in [-0.3, -0.25) is 0 Å². The lowest BCUT2D eigenvalue weighted by atomic mass is 10.1. The van der Waals surface area contributed by atoms with Gasteiger partial charge in [-0.2, -0.15) is 10.5 Å². The van der Waals surface area contributed by atoms with Crippen molar-refractivity contribution in [1.82, 2.24) is 0 Å². The fourth-order valence-electron chi connectivity index (χ4n) is 1.88. The van der Waals surface area contributed by atoms with E-state index in [4.69, 9.17) is 15.3 Å². The molecule has 0 N–H and O–H groups in total. The van der Waals surface area contributed by atoms with Crippen molar-refractivity contribution >= 4 is 11.3 Å². The average Bonchev–Trinajstić information content (AvgIpc) is 2.46. The van der Waals surface area contributed by atoms with Crippen molar-refractivity contribution in [3.05, 3.63) is 53.0 Å². The number of fused-ring (bicyclic) bond motifs is 2. The SMILES string of the molecule is N#CC(C#N)=c1ccc2c(c1)Oc1ccccc1N=2. The molecule has 0 fully saturated rings. The van der Waals surface area contributed by atoms with Gasteiger partial charge in [0.05, 0.1) is 0 Å². The number of para-hydroxylation sites is 2. The van der Waals surface area contributed by atoms with E-state index < -0.39 is 0 Å². The van der Waals surface area contributed by atoms with E-state index in [2.05, 4.69) is 4.99 Å². The highest BCUT2D eigenvalue weighted by Gasteiger charge is 2.11. The number of ether oxygens (including phenoxy) is 1. The zero-order valence-electron chi connectivity index (χ0n) is 9.79. The summed E-state index contributed by atoms with van der Waals surface area (Å²) in [5, 5.41) is 19.0. The summed E-state index contributed by atoms with van der Waals surface area (Å²) in [7, 11) is 0. The predicted molar refractivity (Wildman–Crippen MR) is 68.0 cm³/mol.